The summed E-state index contributed by atoms with van der Waals surface area (Å²) < 4.78 is 107. The van der Waals surface area contributed by atoms with E-state index in [1.54, 1.807) is 20.8 Å². The summed E-state index contributed by atoms with van der Waals surface area (Å²) in [6, 6.07) is -3.48. The summed E-state index contributed by atoms with van der Waals surface area (Å²) in [7, 11) is -10.5. The number of ether oxygens (including phenoxy) is 6. The van der Waals surface area contributed by atoms with Crippen molar-refractivity contribution in [3.8, 4) is 0 Å². The Morgan fingerprint density at radius 1 is 0.714 bits per heavy atom. The molecule has 0 saturated carbocycles. The Balaban J connectivity index is 0.00000992. The van der Waals surface area contributed by atoms with Crippen molar-refractivity contribution >= 4 is 56.0 Å². The van der Waals surface area contributed by atoms with Crippen molar-refractivity contribution in [1.82, 2.24) is 16.0 Å². The Morgan fingerprint density at radius 2 is 1.22 bits per heavy atom. The van der Waals surface area contributed by atoms with E-state index in [4.69, 9.17) is 40.6 Å². The van der Waals surface area contributed by atoms with Gasteiger partial charge >= 0.3 is 86.0 Å². The number of carbonyl (C=O) groups excluding carboxylic acids is 1. The van der Waals surface area contributed by atoms with Crippen LogP contribution in [0.1, 0.15) is 34.6 Å². The molecule has 3 saturated heterocycles. The van der Waals surface area contributed by atoms with Crippen LogP contribution in [0.25, 0.3) is 0 Å². The second-order valence-corrected chi connectivity index (χ2v) is 17.1. The molecular weight excluding hydrogens is 941 g/mol. The second-order valence-electron chi connectivity index (χ2n) is 14.5. The van der Waals surface area contributed by atoms with Crippen LogP contribution in [0.5, 0.6) is 0 Å². The number of rotatable bonds is 17. The first-order valence-corrected chi connectivity index (χ1v) is 21.2. The average molecular weight is 992 g/mol. The zero-order valence-corrected chi connectivity index (χ0v) is 41.5. The fourth-order valence-electron chi connectivity index (χ4n) is 6.01. The van der Waals surface area contributed by atoms with Crippen molar-refractivity contribution in [1.29, 1.82) is 0 Å². The molecule has 3 heterocycles. The van der Waals surface area contributed by atoms with E-state index in [0.29, 0.717) is 0 Å². The Bertz CT molecular complexity index is 1760. The van der Waals surface area contributed by atoms with Gasteiger partial charge in [-0.05, 0) is 58.6 Å². The van der Waals surface area contributed by atoms with Crippen molar-refractivity contribution in [3.63, 3.8) is 0 Å². The van der Waals surface area contributed by atoms with E-state index in [0.717, 1.165) is 13.8 Å². The molecule has 0 spiro atoms. The number of alkyl carbamates (subject to hydrolysis) is 1. The minimum Gasteiger partial charge on any atom is -0.862 e. The van der Waals surface area contributed by atoms with Gasteiger partial charge in [0.2, 0.25) is 0 Å². The monoisotopic (exact) mass is 991 g/mol. The number of nitrogens with zero attached hydrogens (tertiary/aromatic N) is 2. The molecule has 3 aliphatic heterocycles. The molecule has 0 unspecified atom stereocenters. The van der Waals surface area contributed by atoms with Gasteiger partial charge < -0.3 is 85.2 Å². The van der Waals surface area contributed by atoms with Gasteiger partial charge in [-0.25, -0.2) is 13.2 Å². The van der Waals surface area contributed by atoms with Gasteiger partial charge in [-0.1, -0.05) is 0 Å². The zero-order valence-electron chi connectivity index (χ0n) is 35.0. The smallest absolute Gasteiger partial charge is 0.862 e. The van der Waals surface area contributed by atoms with Crippen molar-refractivity contribution in [2.75, 3.05) is 32.9 Å². The maximum atomic E-state index is 12.3. The maximum Gasteiger partial charge on any atom is 1.00 e. The van der Waals surface area contributed by atoms with E-state index in [1.807, 2.05) is 0 Å². The normalized spacial score (nSPS) is 34.5. The van der Waals surface area contributed by atoms with E-state index < -0.39 is 156 Å². The van der Waals surface area contributed by atoms with Crippen molar-refractivity contribution < 1.29 is 167 Å². The van der Waals surface area contributed by atoms with Gasteiger partial charge in [0, 0.05) is 13.1 Å². The average Bonchev–Trinajstić information content (AvgIpc) is 3.12. The van der Waals surface area contributed by atoms with Gasteiger partial charge in [0.15, 0.2) is 23.9 Å². The number of aliphatic imine (C=N–C) groups is 2. The van der Waals surface area contributed by atoms with Crippen molar-refractivity contribution in [2.24, 2.45) is 9.98 Å². The first-order chi connectivity index (χ1) is 28.1. The summed E-state index contributed by atoms with van der Waals surface area (Å²) in [4.78, 5) is 19.4. The minimum absolute atomic E-state index is 0. The minimum atomic E-state index is -5.24. The van der Waals surface area contributed by atoms with Gasteiger partial charge in [0.1, 0.15) is 78.7 Å². The molecule has 11 N–H and O–H groups in total. The molecule has 0 radical (unpaired) electrons. The number of aliphatic hydroxyl groups is 6. The maximum absolute atomic E-state index is 12.3. The summed E-state index contributed by atoms with van der Waals surface area (Å²) in [5, 5.41) is 97.0. The number of aliphatic hydroxyl groups excluding tert-OH is 6. The number of thiocarbonyl (C=S) groups is 1. The number of carbonyl (C=O) groups is 1. The molecule has 0 aliphatic carbocycles. The van der Waals surface area contributed by atoms with Crippen LogP contribution in [-0.2, 0) is 57.6 Å². The number of hydrogen-bond acceptors (Lipinski definition) is 24. The van der Waals surface area contributed by atoms with Crippen LogP contribution in [0.3, 0.4) is 0 Å². The van der Waals surface area contributed by atoms with E-state index in [-0.39, 0.29) is 77.3 Å². The Morgan fingerprint density at radius 3 is 1.75 bits per heavy atom. The van der Waals surface area contributed by atoms with Crippen molar-refractivity contribution in [3.05, 3.63) is 0 Å². The topological polar surface area (TPSA) is 428 Å². The number of hydrogen-bond donors (Lipinski definition) is 11. The van der Waals surface area contributed by atoms with Crippen LogP contribution in [-0.4, -0.2) is 210 Å². The van der Waals surface area contributed by atoms with Crippen LogP contribution in [0.4, 0.5) is 4.79 Å². The molecule has 1 amide bonds. The van der Waals surface area contributed by atoms with Crippen LogP contribution < -0.4 is 85.3 Å². The number of nitrogens with one attached hydrogen (secondary N) is 3. The largest absolute Gasteiger partial charge is 1.00 e. The van der Waals surface area contributed by atoms with Crippen LogP contribution in [0.15, 0.2) is 9.98 Å². The Kier molecular flexibility index (Phi) is 24.9. The fraction of sp³-hybridized carbons (Fsp3) is 0.867. The van der Waals surface area contributed by atoms with E-state index in [1.165, 1.54) is 0 Å². The van der Waals surface area contributed by atoms with Crippen LogP contribution >= 0.6 is 12.2 Å². The first-order valence-electron chi connectivity index (χ1n) is 18.1. The molecule has 3 rings (SSSR count). The summed E-state index contributed by atoms with van der Waals surface area (Å²) in [5.74, 6) is -1.81. The van der Waals surface area contributed by atoms with Crippen LogP contribution in [0.2, 0.25) is 0 Å². The molecule has 63 heavy (non-hydrogen) atoms. The van der Waals surface area contributed by atoms with Gasteiger partial charge in [0.05, 0.1) is 19.8 Å². The predicted octanol–water partition coefficient (Wildman–Crippen LogP) is -13.3. The molecule has 354 valence electrons. The van der Waals surface area contributed by atoms with Crippen LogP contribution in [0, 0.1) is 0 Å². The third kappa shape index (κ3) is 19.4. The summed E-state index contributed by atoms with van der Waals surface area (Å²) in [6.07, 6.45) is -26.4. The quantitative estimate of drug-likeness (QED) is 0.0161. The SMILES string of the molecule is CC([O-])=N[C@@H]1[C@@H](O)[C@H](O[C@@H]2O[C@H](COS(=O)(=O)O)[C@H](O)[C@H](O[C@@H]3O[C@H](CO)[C@@H](O)[C@H](O)[C@H]3N=C(C)[O-])[C@H]2O)[C@@H](COS(=O)(=O)O)O[C@H]1NC(=S)NCCNC(=O)OC(C)(C)C.[Na+].[Na+]. The molecule has 15 atom stereocenters. The molecule has 3 fully saturated rings. The second kappa shape index (κ2) is 26.1. The molecule has 28 nitrogen and oxygen atoms in total. The van der Waals surface area contributed by atoms with Gasteiger partial charge in [-0.3, -0.25) is 19.1 Å². The standard InChI is InChI=1S/C30H53N5O23S3.2Na/c1-11(37)33-16-21(42)23(15(10-52-61(48,49)50)53-25(16)35-28(59)31-6-7-32-29(44)58-30(3,4)5)56-27-22(43)24(19(40)14(55-27)9-51-60(45,46)47)57-26-17(34-12(2)38)20(41)18(39)13(8-36)54-26;;/h13-27,36,39-43H,6-10H2,1-5H3,(H,32,44)(H,33,37)(H,34,38)(H2,31,35,59)(H,45,46,47)(H,48,49,50);;/q;2*+1/p-2/t13-,14-,15-,16-,17-,18-,19+,20-,21-,22-,23-,24+,25-,26+,27+;;/m1../s1. The molecule has 0 aromatic carbocycles. The molecule has 0 aromatic rings. The van der Waals surface area contributed by atoms with Gasteiger partial charge in [0.25, 0.3) is 0 Å². The summed E-state index contributed by atoms with van der Waals surface area (Å²) in [6.45, 7) is 3.54. The van der Waals surface area contributed by atoms with Gasteiger partial charge in [-0.2, -0.15) is 16.8 Å². The third-order valence-electron chi connectivity index (χ3n) is 8.53. The molecular formula is C30H51N5Na2O23S3. The summed E-state index contributed by atoms with van der Waals surface area (Å²) in [5.41, 5.74) is -0.779. The predicted molar refractivity (Wildman–Crippen MR) is 200 cm³/mol. The van der Waals surface area contributed by atoms with E-state index >= 15 is 0 Å². The van der Waals surface area contributed by atoms with Crippen molar-refractivity contribution in [2.45, 2.75) is 132 Å². The van der Waals surface area contributed by atoms with E-state index in [2.05, 4.69) is 34.3 Å². The first kappa shape index (κ1) is 60.2. The molecule has 0 aromatic heterocycles. The zero-order chi connectivity index (χ0) is 46.2. The Labute approximate surface area is 411 Å². The Hall–Kier alpha value is -0.800. The molecule has 0 bridgehead atoms. The van der Waals surface area contributed by atoms with Gasteiger partial charge in [-0.15, -0.1) is 0 Å². The number of amides is 1. The third-order valence-corrected chi connectivity index (χ3v) is 9.66. The summed E-state index contributed by atoms with van der Waals surface area (Å²) >= 11 is 5.27. The molecule has 3 aliphatic rings. The molecule has 33 heteroatoms. The van der Waals surface area contributed by atoms with E-state index in [9.17, 15) is 71.6 Å². The fourth-order valence-corrected chi connectivity index (χ4v) is 6.84.